The van der Waals surface area contributed by atoms with E-state index in [1.165, 1.54) is 5.39 Å². The van der Waals surface area contributed by atoms with E-state index in [0.29, 0.717) is 13.0 Å². The molecule has 2 aromatic carbocycles. The summed E-state index contributed by atoms with van der Waals surface area (Å²) in [6.45, 7) is 0.451. The predicted octanol–water partition coefficient (Wildman–Crippen LogP) is 1.68. The highest BCUT2D eigenvalue weighted by atomic mass is 16.5. The number of likely N-dealkylation sites (N-methyl/N-ethyl adjacent to an activating group) is 1. The Morgan fingerprint density at radius 1 is 1.26 bits per heavy atom. The molecule has 1 atom stereocenters. The average Bonchev–Trinajstić information content (AvgIpc) is 2.43. The maximum Gasteiger partial charge on any atom is 0.234 e. The third kappa shape index (κ3) is 3.45. The SMILES string of the molecule is CNC(CCOc1ccc2ccccc2c1)C(N)=O. The van der Waals surface area contributed by atoms with Gasteiger partial charge in [0, 0.05) is 6.42 Å². The van der Waals surface area contributed by atoms with Crippen molar-refractivity contribution in [2.75, 3.05) is 13.7 Å². The lowest BCUT2D eigenvalue weighted by Crippen LogP contribution is -2.40. The Hall–Kier alpha value is -2.07. The monoisotopic (exact) mass is 258 g/mol. The Balaban J connectivity index is 1.96. The lowest BCUT2D eigenvalue weighted by atomic mass is 10.1. The van der Waals surface area contributed by atoms with Gasteiger partial charge >= 0.3 is 0 Å². The summed E-state index contributed by atoms with van der Waals surface area (Å²) in [5, 5.41) is 5.18. The zero-order chi connectivity index (χ0) is 13.7. The molecule has 0 spiro atoms. The minimum atomic E-state index is -0.357. The molecule has 0 fully saturated rings. The second kappa shape index (κ2) is 6.20. The summed E-state index contributed by atoms with van der Waals surface area (Å²) in [4.78, 5) is 11.1. The maximum absolute atomic E-state index is 11.1. The number of nitrogens with one attached hydrogen (secondary N) is 1. The number of benzene rings is 2. The number of hydrogen-bond acceptors (Lipinski definition) is 3. The molecule has 0 aliphatic rings. The standard InChI is InChI=1S/C15H18N2O2/c1-17-14(15(16)18)8-9-19-13-7-6-11-4-2-3-5-12(11)10-13/h2-7,10,14,17H,8-9H2,1H3,(H2,16,18). The van der Waals surface area contributed by atoms with Crippen LogP contribution >= 0.6 is 0 Å². The van der Waals surface area contributed by atoms with Crippen LogP contribution in [-0.2, 0) is 4.79 Å². The van der Waals surface area contributed by atoms with E-state index in [0.717, 1.165) is 11.1 Å². The molecule has 0 bridgehead atoms. The number of ether oxygens (including phenoxy) is 1. The summed E-state index contributed by atoms with van der Waals surface area (Å²) in [5.41, 5.74) is 5.24. The number of amides is 1. The van der Waals surface area contributed by atoms with Gasteiger partial charge in [-0.05, 0) is 30.0 Å². The molecule has 1 unspecified atom stereocenters. The van der Waals surface area contributed by atoms with E-state index in [1.54, 1.807) is 7.05 Å². The summed E-state index contributed by atoms with van der Waals surface area (Å²) in [6, 6.07) is 13.7. The first-order valence-corrected chi connectivity index (χ1v) is 6.29. The van der Waals surface area contributed by atoms with Crippen LogP contribution in [0, 0.1) is 0 Å². The molecular weight excluding hydrogens is 240 g/mol. The first-order valence-electron chi connectivity index (χ1n) is 6.29. The highest BCUT2D eigenvalue weighted by molar-refractivity contribution is 5.83. The summed E-state index contributed by atoms with van der Waals surface area (Å²) < 4.78 is 5.65. The normalized spacial score (nSPS) is 12.3. The van der Waals surface area contributed by atoms with Crippen LogP contribution < -0.4 is 15.8 Å². The van der Waals surface area contributed by atoms with Crippen LogP contribution in [0.5, 0.6) is 5.75 Å². The van der Waals surface area contributed by atoms with Crippen molar-refractivity contribution in [3.05, 3.63) is 42.5 Å². The Morgan fingerprint density at radius 3 is 2.68 bits per heavy atom. The van der Waals surface area contributed by atoms with Crippen LogP contribution in [0.15, 0.2) is 42.5 Å². The molecule has 0 aliphatic heterocycles. The number of nitrogens with two attached hydrogens (primary N) is 1. The van der Waals surface area contributed by atoms with Gasteiger partial charge in [0.05, 0.1) is 12.6 Å². The van der Waals surface area contributed by atoms with E-state index < -0.39 is 0 Å². The minimum absolute atomic E-state index is 0.347. The first kappa shape index (κ1) is 13.4. The van der Waals surface area contributed by atoms with Crippen molar-refractivity contribution in [1.29, 1.82) is 0 Å². The fraction of sp³-hybridized carbons (Fsp3) is 0.267. The smallest absolute Gasteiger partial charge is 0.234 e. The molecule has 19 heavy (non-hydrogen) atoms. The van der Waals surface area contributed by atoms with Gasteiger partial charge in [0.2, 0.25) is 5.91 Å². The van der Waals surface area contributed by atoms with Crippen LogP contribution in [-0.4, -0.2) is 25.6 Å². The number of fused-ring (bicyclic) bond motifs is 1. The third-order valence-electron chi connectivity index (χ3n) is 3.09. The van der Waals surface area contributed by atoms with Crippen LogP contribution in [0.1, 0.15) is 6.42 Å². The lowest BCUT2D eigenvalue weighted by Gasteiger charge is -2.13. The molecule has 2 aromatic rings. The van der Waals surface area contributed by atoms with E-state index >= 15 is 0 Å². The molecule has 4 nitrogen and oxygen atoms in total. The van der Waals surface area contributed by atoms with Crippen molar-refractivity contribution < 1.29 is 9.53 Å². The molecule has 3 N–H and O–H groups in total. The zero-order valence-electron chi connectivity index (χ0n) is 10.9. The zero-order valence-corrected chi connectivity index (χ0v) is 10.9. The molecule has 1 amide bonds. The van der Waals surface area contributed by atoms with Crippen molar-refractivity contribution >= 4 is 16.7 Å². The van der Waals surface area contributed by atoms with E-state index in [9.17, 15) is 4.79 Å². The van der Waals surface area contributed by atoms with Gasteiger partial charge in [-0.1, -0.05) is 30.3 Å². The van der Waals surface area contributed by atoms with Gasteiger partial charge < -0.3 is 15.8 Å². The number of carbonyl (C=O) groups excluding carboxylic acids is 1. The van der Waals surface area contributed by atoms with Crippen LogP contribution in [0.25, 0.3) is 10.8 Å². The quantitative estimate of drug-likeness (QED) is 0.828. The summed E-state index contributed by atoms with van der Waals surface area (Å²) in [6.07, 6.45) is 0.554. The molecule has 2 rings (SSSR count). The summed E-state index contributed by atoms with van der Waals surface area (Å²) >= 11 is 0. The second-order valence-electron chi connectivity index (χ2n) is 4.39. The Morgan fingerprint density at radius 2 is 2.00 bits per heavy atom. The van der Waals surface area contributed by atoms with E-state index in [4.69, 9.17) is 10.5 Å². The fourth-order valence-electron chi connectivity index (χ4n) is 1.98. The average molecular weight is 258 g/mol. The largest absolute Gasteiger partial charge is 0.493 e. The van der Waals surface area contributed by atoms with Gasteiger partial charge in [0.25, 0.3) is 0 Å². The topological polar surface area (TPSA) is 64.3 Å². The Labute approximate surface area is 112 Å². The fourth-order valence-corrected chi connectivity index (χ4v) is 1.98. The number of hydrogen-bond donors (Lipinski definition) is 2. The molecule has 0 radical (unpaired) electrons. The van der Waals surface area contributed by atoms with Gasteiger partial charge in [0.1, 0.15) is 5.75 Å². The number of primary amides is 1. The molecule has 0 saturated heterocycles. The van der Waals surface area contributed by atoms with Gasteiger partial charge in [-0.3, -0.25) is 4.79 Å². The van der Waals surface area contributed by atoms with E-state index in [2.05, 4.69) is 11.4 Å². The first-order chi connectivity index (χ1) is 9.20. The van der Waals surface area contributed by atoms with Crippen LogP contribution in [0.3, 0.4) is 0 Å². The Bertz CT molecular complexity index is 569. The highest BCUT2D eigenvalue weighted by Gasteiger charge is 2.12. The maximum atomic E-state index is 11.1. The third-order valence-corrected chi connectivity index (χ3v) is 3.09. The molecule has 0 aromatic heterocycles. The van der Waals surface area contributed by atoms with Crippen molar-refractivity contribution in [3.63, 3.8) is 0 Å². The highest BCUT2D eigenvalue weighted by Crippen LogP contribution is 2.20. The van der Waals surface area contributed by atoms with Gasteiger partial charge in [-0.15, -0.1) is 0 Å². The predicted molar refractivity (Wildman–Crippen MR) is 76.1 cm³/mol. The Kier molecular flexibility index (Phi) is 4.36. The molecule has 100 valence electrons. The summed E-state index contributed by atoms with van der Waals surface area (Å²) in [7, 11) is 1.71. The van der Waals surface area contributed by atoms with E-state index in [-0.39, 0.29) is 11.9 Å². The van der Waals surface area contributed by atoms with Gasteiger partial charge in [-0.25, -0.2) is 0 Å². The number of carbonyl (C=O) groups is 1. The summed E-state index contributed by atoms with van der Waals surface area (Å²) in [5.74, 6) is 0.447. The molecular formula is C15H18N2O2. The van der Waals surface area contributed by atoms with Crippen molar-refractivity contribution in [2.45, 2.75) is 12.5 Å². The number of rotatable bonds is 6. The molecule has 0 aliphatic carbocycles. The minimum Gasteiger partial charge on any atom is -0.493 e. The van der Waals surface area contributed by atoms with Crippen molar-refractivity contribution in [2.24, 2.45) is 5.73 Å². The van der Waals surface area contributed by atoms with Crippen molar-refractivity contribution in [1.82, 2.24) is 5.32 Å². The van der Waals surface area contributed by atoms with Crippen LogP contribution in [0.4, 0.5) is 0 Å². The molecule has 4 heteroatoms. The lowest BCUT2D eigenvalue weighted by molar-refractivity contribution is -0.120. The van der Waals surface area contributed by atoms with Gasteiger partial charge in [0.15, 0.2) is 0 Å². The van der Waals surface area contributed by atoms with Crippen LogP contribution in [0.2, 0.25) is 0 Å². The second-order valence-corrected chi connectivity index (χ2v) is 4.39. The van der Waals surface area contributed by atoms with Crippen molar-refractivity contribution in [3.8, 4) is 5.75 Å². The molecule has 0 heterocycles. The van der Waals surface area contributed by atoms with Gasteiger partial charge in [-0.2, -0.15) is 0 Å². The van der Waals surface area contributed by atoms with E-state index in [1.807, 2.05) is 36.4 Å². The molecule has 0 saturated carbocycles.